The molecule has 0 spiro atoms. The first-order chi connectivity index (χ1) is 8.88. The molecule has 1 rings (SSSR count). The number of carbonyl (C=O) groups is 1. The van der Waals surface area contributed by atoms with Gasteiger partial charge in [-0.05, 0) is 31.2 Å². The molecule has 106 valence electrons. The molecule has 2 atom stereocenters. The molecule has 1 unspecified atom stereocenters. The van der Waals surface area contributed by atoms with Crippen molar-refractivity contribution >= 4 is 24.1 Å². The highest BCUT2D eigenvalue weighted by molar-refractivity contribution is 7.84. The normalized spacial score (nSPS) is 15.2. The van der Waals surface area contributed by atoms with Crippen LogP contribution >= 0.6 is 18.1 Å². The van der Waals surface area contributed by atoms with Gasteiger partial charge < -0.3 is 14.0 Å². The summed E-state index contributed by atoms with van der Waals surface area (Å²) in [6.07, 6.45) is 0. The largest absolute Gasteiger partial charge is 0.497 e. The maximum atomic E-state index is 12.0. The lowest BCUT2D eigenvalue weighted by atomic mass is 10.3. The van der Waals surface area contributed by atoms with Gasteiger partial charge in [-0.2, -0.15) is 0 Å². The van der Waals surface area contributed by atoms with E-state index in [-0.39, 0.29) is 0 Å². The van der Waals surface area contributed by atoms with Crippen molar-refractivity contribution in [3.05, 3.63) is 24.3 Å². The SMILES string of the molecule is COC(=O)[C@H](C)NP(=O)(Cl)Oc1ccc(OC)cc1. The number of rotatable bonds is 6. The molecular weight excluding hydrogens is 293 g/mol. The van der Waals surface area contributed by atoms with Crippen LogP contribution in [0.2, 0.25) is 0 Å². The van der Waals surface area contributed by atoms with Gasteiger partial charge in [0.25, 0.3) is 0 Å². The van der Waals surface area contributed by atoms with Gasteiger partial charge in [0.15, 0.2) is 0 Å². The fourth-order valence-electron chi connectivity index (χ4n) is 1.26. The minimum Gasteiger partial charge on any atom is -0.497 e. The van der Waals surface area contributed by atoms with Gasteiger partial charge in [0.1, 0.15) is 17.5 Å². The third-order valence-corrected chi connectivity index (χ3v) is 3.83. The summed E-state index contributed by atoms with van der Waals surface area (Å²) in [5.74, 6) is 0.343. The van der Waals surface area contributed by atoms with Crippen molar-refractivity contribution < 1.29 is 23.4 Å². The monoisotopic (exact) mass is 307 g/mol. The first kappa shape index (κ1) is 15.8. The van der Waals surface area contributed by atoms with Crippen LogP contribution in [0.25, 0.3) is 0 Å². The molecule has 0 saturated heterocycles. The number of halogens is 1. The van der Waals surface area contributed by atoms with Gasteiger partial charge in [0.05, 0.1) is 14.2 Å². The standard InChI is InChI=1S/C11H15ClNO5P/c1-8(11(14)17-3)13-19(12,15)18-10-6-4-9(16-2)5-7-10/h4-8H,1-3H3,(H,13,15)/t8-,19?/m0/s1. The molecule has 1 N–H and O–H groups in total. The van der Waals surface area contributed by atoms with Gasteiger partial charge in [-0.1, -0.05) is 0 Å². The van der Waals surface area contributed by atoms with Crippen molar-refractivity contribution in [2.75, 3.05) is 14.2 Å². The molecule has 0 aliphatic carbocycles. The minimum absolute atomic E-state index is 0.295. The minimum atomic E-state index is -3.68. The van der Waals surface area contributed by atoms with Crippen molar-refractivity contribution in [2.45, 2.75) is 13.0 Å². The molecule has 6 nitrogen and oxygen atoms in total. The average molecular weight is 308 g/mol. The van der Waals surface area contributed by atoms with Crippen LogP contribution in [0.15, 0.2) is 24.3 Å². The van der Waals surface area contributed by atoms with Crippen LogP contribution in [0.3, 0.4) is 0 Å². The van der Waals surface area contributed by atoms with Crippen LogP contribution in [0.1, 0.15) is 6.92 Å². The van der Waals surface area contributed by atoms with Crippen LogP contribution in [-0.2, 0) is 14.1 Å². The molecule has 0 aromatic heterocycles. The summed E-state index contributed by atoms with van der Waals surface area (Å²) in [5, 5.41) is 2.38. The molecule has 0 aliphatic heterocycles. The highest BCUT2D eigenvalue weighted by Crippen LogP contribution is 2.48. The molecule has 0 bridgehead atoms. The fourth-order valence-corrected chi connectivity index (χ4v) is 2.95. The van der Waals surface area contributed by atoms with Crippen molar-refractivity contribution in [3.63, 3.8) is 0 Å². The Balaban J connectivity index is 2.67. The van der Waals surface area contributed by atoms with E-state index < -0.39 is 18.9 Å². The summed E-state index contributed by atoms with van der Waals surface area (Å²) in [7, 11) is 2.76. The molecule has 0 fully saturated rings. The van der Waals surface area contributed by atoms with E-state index in [0.29, 0.717) is 11.5 Å². The average Bonchev–Trinajstić information content (AvgIpc) is 2.37. The molecule has 1 aromatic carbocycles. The predicted octanol–water partition coefficient (Wildman–Crippen LogP) is 2.57. The van der Waals surface area contributed by atoms with E-state index in [1.807, 2.05) is 0 Å². The van der Waals surface area contributed by atoms with Crippen molar-refractivity contribution in [1.82, 2.24) is 5.09 Å². The fraction of sp³-hybridized carbons (Fsp3) is 0.364. The first-order valence-electron chi connectivity index (χ1n) is 5.37. The Kier molecular flexibility index (Phi) is 5.66. The summed E-state index contributed by atoms with van der Waals surface area (Å²) >= 11 is 5.72. The summed E-state index contributed by atoms with van der Waals surface area (Å²) in [4.78, 5) is 11.2. The molecular formula is C11H15ClNO5P. The van der Waals surface area contributed by atoms with Gasteiger partial charge in [-0.25, -0.2) is 9.65 Å². The topological polar surface area (TPSA) is 73.9 Å². The second-order valence-electron chi connectivity index (χ2n) is 3.62. The van der Waals surface area contributed by atoms with Crippen LogP contribution in [0, 0.1) is 0 Å². The Bertz CT molecular complexity index is 478. The van der Waals surface area contributed by atoms with Crippen LogP contribution in [0.5, 0.6) is 11.5 Å². The Morgan fingerprint density at radius 3 is 2.26 bits per heavy atom. The Labute approximate surface area is 116 Å². The third-order valence-electron chi connectivity index (χ3n) is 2.18. The molecule has 0 radical (unpaired) electrons. The highest BCUT2D eigenvalue weighted by Gasteiger charge is 2.27. The van der Waals surface area contributed by atoms with Gasteiger partial charge in [-0.3, -0.25) is 4.79 Å². The summed E-state index contributed by atoms with van der Waals surface area (Å²) in [6.45, 7) is -2.21. The van der Waals surface area contributed by atoms with E-state index in [4.69, 9.17) is 20.5 Å². The van der Waals surface area contributed by atoms with Crippen LogP contribution in [0.4, 0.5) is 0 Å². The number of esters is 1. The molecule has 19 heavy (non-hydrogen) atoms. The molecule has 8 heteroatoms. The second-order valence-corrected chi connectivity index (χ2v) is 6.36. The molecule has 0 aliphatic rings. The molecule has 1 aromatic rings. The quantitative estimate of drug-likeness (QED) is 0.643. The molecule has 0 heterocycles. The van der Waals surface area contributed by atoms with Gasteiger partial charge in [0, 0.05) is 11.2 Å². The Morgan fingerprint density at radius 1 is 1.26 bits per heavy atom. The number of carbonyl (C=O) groups excluding carboxylic acids is 1. The predicted molar refractivity (Wildman–Crippen MR) is 71.7 cm³/mol. The van der Waals surface area contributed by atoms with Gasteiger partial charge in [-0.15, -0.1) is 0 Å². The maximum absolute atomic E-state index is 12.0. The zero-order valence-corrected chi connectivity index (χ0v) is 12.4. The summed E-state index contributed by atoms with van der Waals surface area (Å²) in [6, 6.07) is 5.54. The zero-order chi connectivity index (χ0) is 14.5. The number of hydrogen-bond acceptors (Lipinski definition) is 5. The Morgan fingerprint density at radius 2 is 1.79 bits per heavy atom. The van der Waals surface area contributed by atoms with Crippen molar-refractivity contribution in [3.8, 4) is 11.5 Å². The first-order valence-corrected chi connectivity index (χ1v) is 7.90. The van der Waals surface area contributed by atoms with Crippen LogP contribution in [-0.4, -0.2) is 26.2 Å². The number of ether oxygens (including phenoxy) is 2. The maximum Gasteiger partial charge on any atom is 0.409 e. The number of benzene rings is 1. The number of hydrogen-bond donors (Lipinski definition) is 1. The lowest BCUT2D eigenvalue weighted by Crippen LogP contribution is -2.32. The lowest BCUT2D eigenvalue weighted by Gasteiger charge is -2.17. The van der Waals surface area contributed by atoms with Gasteiger partial charge in [0.2, 0.25) is 0 Å². The highest BCUT2D eigenvalue weighted by atomic mass is 35.7. The van der Waals surface area contributed by atoms with E-state index in [2.05, 4.69) is 9.82 Å². The van der Waals surface area contributed by atoms with Gasteiger partial charge >= 0.3 is 12.8 Å². The van der Waals surface area contributed by atoms with E-state index in [0.717, 1.165) is 0 Å². The van der Waals surface area contributed by atoms with Crippen LogP contribution < -0.4 is 14.3 Å². The van der Waals surface area contributed by atoms with Crippen molar-refractivity contribution in [2.24, 2.45) is 0 Å². The Hall–Kier alpha value is -1.23. The molecule has 0 saturated carbocycles. The third kappa shape index (κ3) is 5.11. The van der Waals surface area contributed by atoms with Crippen molar-refractivity contribution in [1.29, 1.82) is 0 Å². The number of methoxy groups -OCH3 is 2. The van der Waals surface area contributed by atoms with E-state index >= 15 is 0 Å². The molecule has 0 amide bonds. The van der Waals surface area contributed by atoms with E-state index in [1.165, 1.54) is 21.1 Å². The van der Waals surface area contributed by atoms with E-state index in [9.17, 15) is 9.36 Å². The zero-order valence-electron chi connectivity index (χ0n) is 10.8. The summed E-state index contributed by atoms with van der Waals surface area (Å²) < 4.78 is 26.5. The second kappa shape index (κ2) is 6.80. The smallest absolute Gasteiger partial charge is 0.409 e. The van der Waals surface area contributed by atoms with E-state index in [1.54, 1.807) is 24.3 Å². The lowest BCUT2D eigenvalue weighted by molar-refractivity contribution is -0.142. The summed E-state index contributed by atoms with van der Waals surface area (Å²) in [5.41, 5.74) is 0. The number of nitrogens with one attached hydrogen (secondary N) is 1.